The molecule has 4 rings (SSSR count). The highest BCUT2D eigenvalue weighted by Gasteiger charge is 2.38. The Morgan fingerprint density at radius 1 is 1.14 bits per heavy atom. The molecule has 1 aliphatic carbocycles. The molecule has 1 N–H and O–H groups in total. The largest absolute Gasteiger partial charge is 0.490 e. The maximum absolute atomic E-state index is 10.3. The van der Waals surface area contributed by atoms with Crippen molar-refractivity contribution < 1.29 is 9.84 Å². The van der Waals surface area contributed by atoms with Crippen LogP contribution < -0.4 is 4.74 Å². The van der Waals surface area contributed by atoms with Gasteiger partial charge in [0.1, 0.15) is 18.5 Å². The van der Waals surface area contributed by atoms with Crippen molar-refractivity contribution >= 4 is 10.8 Å². The number of fused-ring (bicyclic) bond motifs is 3. The van der Waals surface area contributed by atoms with Gasteiger partial charge in [-0.05, 0) is 36.6 Å². The van der Waals surface area contributed by atoms with Gasteiger partial charge in [0.15, 0.2) is 0 Å². The molecule has 2 aliphatic rings. The third-order valence-electron chi connectivity index (χ3n) is 5.15. The smallest absolute Gasteiger partial charge is 0.127 e. The van der Waals surface area contributed by atoms with Crippen molar-refractivity contribution in [1.82, 2.24) is 4.90 Å². The average Bonchev–Trinajstić information content (AvgIpc) is 3.15. The van der Waals surface area contributed by atoms with Gasteiger partial charge in [0.05, 0.1) is 0 Å². The Bertz CT molecular complexity index is 651. The van der Waals surface area contributed by atoms with E-state index in [1.165, 1.54) is 24.6 Å². The first-order valence-corrected chi connectivity index (χ1v) is 8.32. The van der Waals surface area contributed by atoms with E-state index >= 15 is 0 Å². The van der Waals surface area contributed by atoms with E-state index in [1.54, 1.807) is 0 Å². The van der Waals surface area contributed by atoms with Crippen LogP contribution in [0.3, 0.4) is 0 Å². The Labute approximate surface area is 131 Å². The molecule has 2 aromatic rings. The van der Waals surface area contributed by atoms with Gasteiger partial charge in [0.25, 0.3) is 0 Å². The molecule has 3 unspecified atom stereocenters. The van der Waals surface area contributed by atoms with E-state index < -0.39 is 6.10 Å². The zero-order valence-electron chi connectivity index (χ0n) is 12.8. The van der Waals surface area contributed by atoms with Crippen LogP contribution in [0, 0.1) is 5.92 Å². The van der Waals surface area contributed by atoms with Gasteiger partial charge in [0.2, 0.25) is 0 Å². The second-order valence-corrected chi connectivity index (χ2v) is 6.73. The van der Waals surface area contributed by atoms with Crippen LogP contribution in [0.5, 0.6) is 5.75 Å². The summed E-state index contributed by atoms with van der Waals surface area (Å²) in [5.41, 5.74) is 0. The van der Waals surface area contributed by atoms with Crippen LogP contribution in [0.1, 0.15) is 19.3 Å². The number of aliphatic hydroxyl groups is 1. The molecule has 116 valence electrons. The van der Waals surface area contributed by atoms with Crippen molar-refractivity contribution in [2.45, 2.75) is 31.4 Å². The molecule has 1 saturated heterocycles. The highest BCUT2D eigenvalue weighted by molar-refractivity contribution is 5.88. The molecule has 3 atom stereocenters. The third kappa shape index (κ3) is 2.71. The summed E-state index contributed by atoms with van der Waals surface area (Å²) >= 11 is 0. The fourth-order valence-corrected chi connectivity index (χ4v) is 4.08. The lowest BCUT2D eigenvalue weighted by molar-refractivity contribution is 0.0578. The van der Waals surface area contributed by atoms with E-state index in [0.717, 1.165) is 30.1 Å². The van der Waals surface area contributed by atoms with Crippen LogP contribution in [0.25, 0.3) is 10.8 Å². The molecule has 2 bridgehead atoms. The highest BCUT2D eigenvalue weighted by atomic mass is 16.5. The van der Waals surface area contributed by atoms with Crippen molar-refractivity contribution in [1.29, 1.82) is 0 Å². The number of hydrogen-bond donors (Lipinski definition) is 1. The number of nitrogens with zero attached hydrogens (tertiary/aromatic N) is 1. The molecule has 1 aliphatic heterocycles. The molecule has 3 heteroatoms. The standard InChI is InChI=1S/C19H23NO2/c21-17(12-20-11-14-8-9-16(20)10-14)13-22-19-7-3-5-15-4-1-2-6-18(15)19/h1-7,14,16-17,21H,8-13H2. The minimum absolute atomic E-state index is 0.363. The lowest BCUT2D eigenvalue weighted by Crippen LogP contribution is -2.40. The van der Waals surface area contributed by atoms with Crippen molar-refractivity contribution in [2.24, 2.45) is 5.92 Å². The van der Waals surface area contributed by atoms with E-state index in [2.05, 4.69) is 23.1 Å². The van der Waals surface area contributed by atoms with Crippen LogP contribution in [0.2, 0.25) is 0 Å². The van der Waals surface area contributed by atoms with E-state index in [4.69, 9.17) is 4.74 Å². The van der Waals surface area contributed by atoms with Crippen LogP contribution in [-0.4, -0.2) is 41.8 Å². The minimum atomic E-state index is -0.418. The number of benzene rings is 2. The Morgan fingerprint density at radius 3 is 2.82 bits per heavy atom. The molecule has 0 aromatic heterocycles. The van der Waals surface area contributed by atoms with Gasteiger partial charge >= 0.3 is 0 Å². The molecule has 0 amide bonds. The number of piperidine rings is 1. The second-order valence-electron chi connectivity index (χ2n) is 6.73. The molecule has 3 nitrogen and oxygen atoms in total. The fraction of sp³-hybridized carbons (Fsp3) is 0.474. The number of ether oxygens (including phenoxy) is 1. The van der Waals surface area contributed by atoms with Crippen molar-refractivity contribution in [2.75, 3.05) is 19.7 Å². The number of hydrogen-bond acceptors (Lipinski definition) is 3. The van der Waals surface area contributed by atoms with Gasteiger partial charge in [-0.25, -0.2) is 0 Å². The van der Waals surface area contributed by atoms with E-state index in [9.17, 15) is 5.11 Å². The number of β-amino-alcohol motifs (C(OH)–C–C–N with tert-alkyl or cyclic N) is 1. The Balaban J connectivity index is 1.37. The first kappa shape index (κ1) is 14.0. The maximum atomic E-state index is 10.3. The monoisotopic (exact) mass is 297 g/mol. The lowest BCUT2D eigenvalue weighted by Gasteiger charge is -2.28. The van der Waals surface area contributed by atoms with Crippen LogP contribution in [0.4, 0.5) is 0 Å². The van der Waals surface area contributed by atoms with Gasteiger partial charge in [-0.1, -0.05) is 36.4 Å². The molecule has 2 fully saturated rings. The van der Waals surface area contributed by atoms with E-state index in [-0.39, 0.29) is 0 Å². The number of likely N-dealkylation sites (tertiary alicyclic amines) is 1. The normalized spacial score (nSPS) is 25.7. The van der Waals surface area contributed by atoms with Crippen molar-refractivity contribution in [3.63, 3.8) is 0 Å². The van der Waals surface area contributed by atoms with Crippen LogP contribution in [0.15, 0.2) is 42.5 Å². The van der Waals surface area contributed by atoms with Gasteiger partial charge in [-0.3, -0.25) is 4.90 Å². The number of aliphatic hydroxyl groups excluding tert-OH is 1. The molecule has 1 saturated carbocycles. The summed E-state index contributed by atoms with van der Waals surface area (Å²) in [7, 11) is 0. The van der Waals surface area contributed by atoms with Crippen LogP contribution >= 0.6 is 0 Å². The second kappa shape index (κ2) is 5.90. The Morgan fingerprint density at radius 2 is 2.00 bits per heavy atom. The van der Waals surface area contributed by atoms with Gasteiger partial charge < -0.3 is 9.84 Å². The van der Waals surface area contributed by atoms with E-state index in [1.807, 2.05) is 24.3 Å². The van der Waals surface area contributed by atoms with Gasteiger partial charge in [-0.2, -0.15) is 0 Å². The molecular weight excluding hydrogens is 274 g/mol. The summed E-state index contributed by atoms with van der Waals surface area (Å²) in [6.07, 6.45) is 3.60. The fourth-order valence-electron chi connectivity index (χ4n) is 4.08. The quantitative estimate of drug-likeness (QED) is 0.920. The van der Waals surface area contributed by atoms with Crippen molar-refractivity contribution in [3.05, 3.63) is 42.5 Å². The Kier molecular flexibility index (Phi) is 3.77. The first-order valence-electron chi connectivity index (χ1n) is 8.32. The SMILES string of the molecule is OC(COc1cccc2ccccc12)CN1CC2CCC1C2. The molecular formula is C19H23NO2. The van der Waals surface area contributed by atoms with Gasteiger partial charge in [-0.15, -0.1) is 0 Å². The Hall–Kier alpha value is -1.58. The highest BCUT2D eigenvalue weighted by Crippen LogP contribution is 2.37. The topological polar surface area (TPSA) is 32.7 Å². The molecule has 0 radical (unpaired) electrons. The average molecular weight is 297 g/mol. The molecule has 2 aromatic carbocycles. The summed E-state index contributed by atoms with van der Waals surface area (Å²) in [6.45, 7) is 2.27. The predicted octanol–water partition coefficient (Wildman–Crippen LogP) is 3.06. The summed E-state index contributed by atoms with van der Waals surface area (Å²) in [5.74, 6) is 1.73. The first-order chi connectivity index (χ1) is 10.8. The van der Waals surface area contributed by atoms with Crippen molar-refractivity contribution in [3.8, 4) is 5.75 Å². The maximum Gasteiger partial charge on any atom is 0.127 e. The summed E-state index contributed by atoms with van der Waals surface area (Å²) in [5, 5.41) is 12.6. The molecule has 0 spiro atoms. The lowest BCUT2D eigenvalue weighted by atomic mass is 10.1. The summed E-state index contributed by atoms with van der Waals surface area (Å²) in [6, 6.07) is 15.0. The van der Waals surface area contributed by atoms with E-state index in [0.29, 0.717) is 12.6 Å². The zero-order chi connectivity index (χ0) is 14.9. The predicted molar refractivity (Wildman–Crippen MR) is 88.2 cm³/mol. The summed E-state index contributed by atoms with van der Waals surface area (Å²) < 4.78 is 5.89. The number of rotatable bonds is 5. The third-order valence-corrected chi connectivity index (χ3v) is 5.15. The zero-order valence-corrected chi connectivity index (χ0v) is 12.8. The minimum Gasteiger partial charge on any atom is -0.490 e. The molecule has 1 heterocycles. The van der Waals surface area contributed by atoms with Crippen LogP contribution in [-0.2, 0) is 0 Å². The summed E-state index contributed by atoms with van der Waals surface area (Å²) in [4.78, 5) is 2.45. The molecule has 22 heavy (non-hydrogen) atoms. The van der Waals surface area contributed by atoms with Gasteiger partial charge in [0, 0.05) is 24.5 Å².